The Labute approximate surface area is 174 Å². The Hall–Kier alpha value is -1.89. The normalized spacial score (nSPS) is 15.1. The first-order valence-electron chi connectivity index (χ1n) is 9.15. The quantitative estimate of drug-likeness (QED) is 0.506. The molecular formula is C21H20ClNO3S2. The van der Waals surface area contributed by atoms with Crippen LogP contribution >= 0.6 is 22.9 Å². The molecule has 0 radical (unpaired) electrons. The van der Waals surface area contributed by atoms with Gasteiger partial charge in [0.1, 0.15) is 11.1 Å². The fourth-order valence-corrected chi connectivity index (χ4v) is 5.29. The summed E-state index contributed by atoms with van der Waals surface area (Å²) in [6, 6.07) is 14.5. The van der Waals surface area contributed by atoms with Gasteiger partial charge in [0.05, 0.1) is 14.8 Å². The number of nitrogens with zero attached hydrogens (tertiary/aromatic N) is 1. The Morgan fingerprint density at radius 1 is 1.07 bits per heavy atom. The van der Waals surface area contributed by atoms with Crippen molar-refractivity contribution in [3.63, 3.8) is 0 Å². The summed E-state index contributed by atoms with van der Waals surface area (Å²) in [5.74, 6) is 0.596. The molecule has 0 spiro atoms. The Bertz CT molecular complexity index is 1090. The Balaban J connectivity index is 1.76. The molecule has 1 fully saturated rings. The van der Waals surface area contributed by atoms with E-state index in [0.717, 1.165) is 33.9 Å². The van der Waals surface area contributed by atoms with Crippen LogP contribution in [0.1, 0.15) is 25.7 Å². The molecule has 0 N–H and O–H groups in total. The van der Waals surface area contributed by atoms with E-state index in [9.17, 15) is 8.42 Å². The predicted octanol–water partition coefficient (Wildman–Crippen LogP) is 5.86. The highest BCUT2D eigenvalue weighted by Gasteiger charge is 2.23. The van der Waals surface area contributed by atoms with Gasteiger partial charge >= 0.3 is 0 Å². The van der Waals surface area contributed by atoms with Crippen molar-refractivity contribution in [1.82, 2.24) is 4.98 Å². The van der Waals surface area contributed by atoms with Gasteiger partial charge in [0, 0.05) is 11.8 Å². The van der Waals surface area contributed by atoms with Crippen LogP contribution in [0.25, 0.3) is 21.0 Å². The average molecular weight is 434 g/mol. The lowest BCUT2D eigenvalue weighted by molar-refractivity contribution is 0.204. The SMILES string of the molecule is CS(=O)(=O)c1ccc(-c2sc(-c3ccccc3Cl)nc2OC2CCCC2)cc1. The van der Waals surface area contributed by atoms with Crippen LogP contribution in [0.5, 0.6) is 5.88 Å². The van der Waals surface area contributed by atoms with E-state index < -0.39 is 9.84 Å². The molecule has 0 unspecified atom stereocenters. The molecular weight excluding hydrogens is 414 g/mol. The fourth-order valence-electron chi connectivity index (χ4n) is 3.34. The molecule has 1 saturated carbocycles. The van der Waals surface area contributed by atoms with Gasteiger partial charge in [-0.2, -0.15) is 0 Å². The second-order valence-electron chi connectivity index (χ2n) is 6.95. The maximum Gasteiger partial charge on any atom is 0.233 e. The van der Waals surface area contributed by atoms with E-state index in [-0.39, 0.29) is 6.10 Å². The lowest BCUT2D eigenvalue weighted by Crippen LogP contribution is -2.11. The van der Waals surface area contributed by atoms with Crippen molar-refractivity contribution in [3.8, 4) is 26.9 Å². The summed E-state index contributed by atoms with van der Waals surface area (Å²) >= 11 is 7.87. The van der Waals surface area contributed by atoms with E-state index in [4.69, 9.17) is 21.3 Å². The zero-order valence-electron chi connectivity index (χ0n) is 15.4. The van der Waals surface area contributed by atoms with E-state index in [1.807, 2.05) is 36.4 Å². The Morgan fingerprint density at radius 2 is 1.75 bits per heavy atom. The minimum absolute atomic E-state index is 0.176. The van der Waals surface area contributed by atoms with Crippen molar-refractivity contribution in [2.24, 2.45) is 0 Å². The van der Waals surface area contributed by atoms with Crippen LogP contribution in [0.15, 0.2) is 53.4 Å². The molecule has 1 aliphatic carbocycles. The maximum atomic E-state index is 11.8. The van der Waals surface area contributed by atoms with E-state index in [0.29, 0.717) is 15.8 Å². The number of thiazole rings is 1. The topological polar surface area (TPSA) is 56.3 Å². The summed E-state index contributed by atoms with van der Waals surface area (Å²) in [4.78, 5) is 5.93. The van der Waals surface area contributed by atoms with Crippen molar-refractivity contribution < 1.29 is 13.2 Å². The molecule has 2 aromatic carbocycles. The van der Waals surface area contributed by atoms with Crippen LogP contribution in [0, 0.1) is 0 Å². The molecule has 0 amide bonds. The van der Waals surface area contributed by atoms with Gasteiger partial charge < -0.3 is 4.74 Å². The third kappa shape index (κ3) is 4.09. The van der Waals surface area contributed by atoms with Gasteiger partial charge in [0.25, 0.3) is 0 Å². The van der Waals surface area contributed by atoms with E-state index in [2.05, 4.69) is 0 Å². The van der Waals surface area contributed by atoms with Gasteiger partial charge in [-0.3, -0.25) is 0 Å². The molecule has 0 aliphatic heterocycles. The van der Waals surface area contributed by atoms with Crippen molar-refractivity contribution in [3.05, 3.63) is 53.6 Å². The molecule has 4 rings (SSSR count). The predicted molar refractivity (Wildman–Crippen MR) is 114 cm³/mol. The minimum atomic E-state index is -3.23. The maximum absolute atomic E-state index is 11.8. The number of aromatic nitrogens is 1. The lowest BCUT2D eigenvalue weighted by Gasteiger charge is -2.12. The van der Waals surface area contributed by atoms with Gasteiger partial charge in [0.15, 0.2) is 9.84 Å². The fraction of sp³-hybridized carbons (Fsp3) is 0.286. The number of halogens is 1. The zero-order chi connectivity index (χ0) is 19.7. The first kappa shape index (κ1) is 19.4. The van der Waals surface area contributed by atoms with Crippen molar-refractivity contribution in [1.29, 1.82) is 0 Å². The molecule has 0 saturated heterocycles. The van der Waals surface area contributed by atoms with E-state index >= 15 is 0 Å². The molecule has 0 atom stereocenters. The number of ether oxygens (including phenoxy) is 1. The number of hydrogen-bond donors (Lipinski definition) is 0. The van der Waals surface area contributed by atoms with Crippen molar-refractivity contribution >= 4 is 32.8 Å². The number of benzene rings is 2. The number of hydrogen-bond acceptors (Lipinski definition) is 5. The van der Waals surface area contributed by atoms with Gasteiger partial charge in [-0.15, -0.1) is 11.3 Å². The lowest BCUT2D eigenvalue weighted by atomic mass is 10.2. The van der Waals surface area contributed by atoms with Gasteiger partial charge in [-0.1, -0.05) is 41.9 Å². The zero-order valence-corrected chi connectivity index (χ0v) is 17.8. The third-order valence-corrected chi connectivity index (χ3v) is 7.40. The van der Waals surface area contributed by atoms with Gasteiger partial charge in [-0.05, 0) is 49.4 Å². The van der Waals surface area contributed by atoms with Crippen LogP contribution in [-0.4, -0.2) is 25.8 Å². The van der Waals surface area contributed by atoms with Crippen LogP contribution in [0.2, 0.25) is 5.02 Å². The Kier molecular flexibility index (Phi) is 5.45. The summed E-state index contributed by atoms with van der Waals surface area (Å²) < 4.78 is 29.7. The second kappa shape index (κ2) is 7.85. The van der Waals surface area contributed by atoms with Gasteiger partial charge in [0.2, 0.25) is 5.88 Å². The van der Waals surface area contributed by atoms with E-state index in [1.165, 1.54) is 30.4 Å². The highest BCUT2D eigenvalue weighted by atomic mass is 35.5. The summed E-state index contributed by atoms with van der Waals surface area (Å²) in [6.45, 7) is 0. The standard InChI is InChI=1S/C21H20ClNO3S2/c1-28(24,25)16-12-10-14(11-13-16)19-20(26-15-6-2-3-7-15)23-21(27-19)17-8-4-5-9-18(17)22/h4-5,8-13,15H,2-3,6-7H2,1H3. The van der Waals surface area contributed by atoms with Crippen LogP contribution in [0.3, 0.4) is 0 Å². The molecule has 7 heteroatoms. The summed E-state index contributed by atoms with van der Waals surface area (Å²) in [5.41, 5.74) is 1.75. The van der Waals surface area contributed by atoms with Crippen LogP contribution in [0.4, 0.5) is 0 Å². The summed E-state index contributed by atoms with van der Waals surface area (Å²) in [7, 11) is -3.23. The first-order chi connectivity index (χ1) is 13.4. The number of rotatable bonds is 5. The van der Waals surface area contributed by atoms with Crippen LogP contribution in [-0.2, 0) is 9.84 Å². The summed E-state index contributed by atoms with van der Waals surface area (Å²) in [5, 5.41) is 1.43. The molecule has 0 bridgehead atoms. The third-order valence-electron chi connectivity index (χ3n) is 4.83. The molecule has 3 aromatic rings. The van der Waals surface area contributed by atoms with Crippen LogP contribution < -0.4 is 4.74 Å². The smallest absolute Gasteiger partial charge is 0.233 e. The molecule has 1 aliphatic rings. The van der Waals surface area contributed by atoms with Gasteiger partial charge in [-0.25, -0.2) is 13.4 Å². The molecule has 146 valence electrons. The highest BCUT2D eigenvalue weighted by Crippen LogP contribution is 2.43. The molecule has 1 aromatic heterocycles. The average Bonchev–Trinajstić information content (AvgIpc) is 3.32. The largest absolute Gasteiger partial charge is 0.473 e. The molecule has 28 heavy (non-hydrogen) atoms. The monoisotopic (exact) mass is 433 g/mol. The second-order valence-corrected chi connectivity index (χ2v) is 10.4. The van der Waals surface area contributed by atoms with Crippen molar-refractivity contribution in [2.75, 3.05) is 6.26 Å². The van der Waals surface area contributed by atoms with Crippen molar-refractivity contribution in [2.45, 2.75) is 36.7 Å². The highest BCUT2D eigenvalue weighted by molar-refractivity contribution is 7.90. The van der Waals surface area contributed by atoms with E-state index in [1.54, 1.807) is 12.1 Å². The molecule has 4 nitrogen and oxygen atoms in total. The first-order valence-corrected chi connectivity index (χ1v) is 12.2. The summed E-state index contributed by atoms with van der Waals surface area (Å²) in [6.07, 6.45) is 5.79. The number of sulfone groups is 1. The minimum Gasteiger partial charge on any atom is -0.473 e. The Morgan fingerprint density at radius 3 is 2.39 bits per heavy atom. The molecule has 1 heterocycles.